The van der Waals surface area contributed by atoms with Crippen molar-refractivity contribution in [2.75, 3.05) is 11.1 Å². The Morgan fingerprint density at radius 3 is 2.77 bits per heavy atom. The molecule has 0 radical (unpaired) electrons. The van der Waals surface area contributed by atoms with Crippen LogP contribution in [0.2, 0.25) is 0 Å². The maximum absolute atomic E-state index is 5.88. The predicted molar refractivity (Wildman–Crippen MR) is 101 cm³/mol. The molecule has 0 amide bonds. The third-order valence-electron chi connectivity index (χ3n) is 4.29. The molecular weight excluding hydrogens is 328 g/mol. The van der Waals surface area contributed by atoms with Gasteiger partial charge in [-0.15, -0.1) is 0 Å². The molecule has 0 atom stereocenters. The van der Waals surface area contributed by atoms with E-state index in [0.29, 0.717) is 18.9 Å². The Balaban J connectivity index is 1.67. The highest BCUT2D eigenvalue weighted by atomic mass is 15.3. The minimum atomic E-state index is 0.243. The van der Waals surface area contributed by atoms with Crippen molar-refractivity contribution in [2.45, 2.75) is 20.0 Å². The van der Waals surface area contributed by atoms with Crippen LogP contribution in [0.15, 0.2) is 42.7 Å². The van der Waals surface area contributed by atoms with Crippen LogP contribution >= 0.6 is 0 Å². The first-order chi connectivity index (χ1) is 12.6. The average molecular weight is 348 g/mol. The van der Waals surface area contributed by atoms with Crippen molar-refractivity contribution in [2.24, 2.45) is 7.05 Å². The zero-order valence-corrected chi connectivity index (χ0v) is 14.7. The molecule has 0 aliphatic heterocycles. The summed E-state index contributed by atoms with van der Waals surface area (Å²) in [6.45, 7) is 3.21. The molecule has 0 aromatic carbocycles. The first kappa shape index (κ1) is 16.1. The van der Waals surface area contributed by atoms with E-state index in [2.05, 4.69) is 29.9 Å². The van der Waals surface area contributed by atoms with E-state index in [1.165, 1.54) is 0 Å². The summed E-state index contributed by atoms with van der Waals surface area (Å²) in [4.78, 5) is 13.1. The minimum absolute atomic E-state index is 0.243. The number of anilines is 2. The largest absolute Gasteiger partial charge is 0.368 e. The van der Waals surface area contributed by atoms with E-state index in [1.54, 1.807) is 6.20 Å². The van der Waals surface area contributed by atoms with Crippen molar-refractivity contribution < 1.29 is 0 Å². The Labute approximate surface area is 150 Å². The van der Waals surface area contributed by atoms with Crippen molar-refractivity contribution in [3.05, 3.63) is 59.8 Å². The molecule has 8 nitrogen and oxygen atoms in total. The minimum Gasteiger partial charge on any atom is -0.368 e. The molecule has 3 N–H and O–H groups in total. The van der Waals surface area contributed by atoms with E-state index >= 15 is 0 Å². The fourth-order valence-corrected chi connectivity index (χ4v) is 2.94. The number of hydrogen-bond acceptors (Lipinski definition) is 6. The Bertz CT molecular complexity index is 1030. The average Bonchev–Trinajstić information content (AvgIpc) is 3.17. The highest BCUT2D eigenvalue weighted by Gasteiger charge is 2.12. The fraction of sp³-hybridized carbons (Fsp3) is 0.222. The van der Waals surface area contributed by atoms with Gasteiger partial charge in [0.1, 0.15) is 5.52 Å². The normalized spacial score (nSPS) is 11.2. The van der Waals surface area contributed by atoms with Gasteiger partial charge in [-0.05, 0) is 31.2 Å². The molecule has 0 unspecified atom stereocenters. The number of nitrogens with zero attached hydrogens (tertiary/aromatic N) is 6. The van der Waals surface area contributed by atoms with Crippen LogP contribution in [-0.2, 0) is 20.1 Å². The van der Waals surface area contributed by atoms with Crippen LogP contribution in [0.4, 0.5) is 11.8 Å². The summed E-state index contributed by atoms with van der Waals surface area (Å²) in [6.07, 6.45) is 3.77. The van der Waals surface area contributed by atoms with Gasteiger partial charge in [0.15, 0.2) is 5.82 Å². The molecule has 0 saturated carbocycles. The zero-order valence-electron chi connectivity index (χ0n) is 14.7. The number of nitrogens with one attached hydrogen (secondary N) is 1. The highest BCUT2D eigenvalue weighted by Crippen LogP contribution is 2.24. The fourth-order valence-electron chi connectivity index (χ4n) is 2.94. The topological polar surface area (TPSA) is 99.5 Å². The number of fused-ring (bicyclic) bond motifs is 1. The van der Waals surface area contributed by atoms with Crippen LogP contribution in [0.5, 0.6) is 0 Å². The second kappa shape index (κ2) is 6.47. The lowest BCUT2D eigenvalue weighted by Gasteiger charge is -2.10. The van der Waals surface area contributed by atoms with E-state index in [0.717, 1.165) is 28.1 Å². The van der Waals surface area contributed by atoms with Gasteiger partial charge in [0, 0.05) is 25.1 Å². The molecule has 0 fully saturated rings. The maximum Gasteiger partial charge on any atom is 0.222 e. The van der Waals surface area contributed by atoms with Gasteiger partial charge in [0.05, 0.1) is 30.0 Å². The van der Waals surface area contributed by atoms with Crippen LogP contribution < -0.4 is 11.1 Å². The van der Waals surface area contributed by atoms with Gasteiger partial charge < -0.3 is 15.6 Å². The van der Waals surface area contributed by atoms with E-state index in [4.69, 9.17) is 5.73 Å². The lowest BCUT2D eigenvalue weighted by molar-refractivity contribution is 0.724. The van der Waals surface area contributed by atoms with E-state index in [9.17, 15) is 0 Å². The smallest absolute Gasteiger partial charge is 0.222 e. The van der Waals surface area contributed by atoms with Crippen molar-refractivity contribution in [3.8, 4) is 0 Å². The number of hydrogen-bond donors (Lipinski definition) is 2. The van der Waals surface area contributed by atoms with Gasteiger partial charge in [-0.25, -0.2) is 4.98 Å². The monoisotopic (exact) mass is 348 g/mol. The van der Waals surface area contributed by atoms with E-state index in [-0.39, 0.29) is 5.95 Å². The quantitative estimate of drug-likeness (QED) is 0.573. The summed E-state index contributed by atoms with van der Waals surface area (Å²) < 4.78 is 3.92. The zero-order chi connectivity index (χ0) is 18.1. The van der Waals surface area contributed by atoms with Crippen molar-refractivity contribution in [1.82, 2.24) is 29.3 Å². The summed E-state index contributed by atoms with van der Waals surface area (Å²) in [5.41, 5.74) is 10.6. The van der Waals surface area contributed by atoms with Gasteiger partial charge in [-0.2, -0.15) is 10.1 Å². The van der Waals surface area contributed by atoms with Crippen LogP contribution in [-0.4, -0.2) is 29.3 Å². The Morgan fingerprint density at radius 1 is 1.15 bits per heavy atom. The molecule has 0 bridgehead atoms. The third-order valence-corrected chi connectivity index (χ3v) is 4.29. The lowest BCUT2D eigenvalue weighted by atomic mass is 10.3. The molecule has 132 valence electrons. The van der Waals surface area contributed by atoms with Crippen LogP contribution in [0.25, 0.3) is 11.0 Å². The Kier molecular flexibility index (Phi) is 4.00. The van der Waals surface area contributed by atoms with Gasteiger partial charge in [-0.1, -0.05) is 6.07 Å². The third kappa shape index (κ3) is 3.08. The Hall–Kier alpha value is -3.42. The summed E-state index contributed by atoms with van der Waals surface area (Å²) >= 11 is 0. The van der Waals surface area contributed by atoms with Gasteiger partial charge in [0.25, 0.3) is 0 Å². The molecule has 0 saturated heterocycles. The van der Waals surface area contributed by atoms with Gasteiger partial charge in [-0.3, -0.25) is 9.67 Å². The number of pyridine rings is 1. The van der Waals surface area contributed by atoms with Crippen molar-refractivity contribution >= 4 is 22.8 Å². The predicted octanol–water partition coefficient (Wildman–Crippen LogP) is 2.11. The Morgan fingerprint density at radius 2 is 2.04 bits per heavy atom. The summed E-state index contributed by atoms with van der Waals surface area (Å²) in [7, 11) is 1.93. The van der Waals surface area contributed by atoms with Crippen LogP contribution in [0, 0.1) is 6.92 Å². The van der Waals surface area contributed by atoms with Gasteiger partial charge in [0.2, 0.25) is 5.95 Å². The van der Waals surface area contributed by atoms with Crippen LogP contribution in [0.3, 0.4) is 0 Å². The standard InChI is InChI=1S/C18H20N8/c1-12-9-14(24-25(12)2)10-21-17-16-15(22-18(19)23-17)6-8-26(16)11-13-5-3-4-7-20-13/h3-9H,10-11H2,1-2H3,(H3,19,21,22,23). The summed E-state index contributed by atoms with van der Waals surface area (Å²) in [5.74, 6) is 0.935. The van der Waals surface area contributed by atoms with E-state index < -0.39 is 0 Å². The molecule has 4 rings (SSSR count). The number of aromatic nitrogens is 6. The number of aryl methyl sites for hydroxylation is 2. The maximum atomic E-state index is 5.88. The number of nitrogens with two attached hydrogens (primary N) is 1. The molecule has 4 aromatic rings. The molecule has 8 heteroatoms. The number of rotatable bonds is 5. The van der Waals surface area contributed by atoms with Gasteiger partial charge >= 0.3 is 0 Å². The molecule has 0 spiro atoms. The van der Waals surface area contributed by atoms with Crippen molar-refractivity contribution in [3.63, 3.8) is 0 Å². The summed E-state index contributed by atoms with van der Waals surface area (Å²) in [6, 6.07) is 9.86. The van der Waals surface area contributed by atoms with Crippen molar-refractivity contribution in [1.29, 1.82) is 0 Å². The van der Waals surface area contributed by atoms with Crippen LogP contribution in [0.1, 0.15) is 17.1 Å². The van der Waals surface area contributed by atoms with E-state index in [1.807, 2.05) is 55.2 Å². The molecule has 4 heterocycles. The second-order valence-corrected chi connectivity index (χ2v) is 6.18. The molecule has 26 heavy (non-hydrogen) atoms. The molecule has 4 aromatic heterocycles. The molecular formula is C18H20N8. The first-order valence-electron chi connectivity index (χ1n) is 8.36. The number of nitrogen functional groups attached to an aromatic ring is 1. The summed E-state index contributed by atoms with van der Waals surface area (Å²) in [5, 5.41) is 7.82. The SMILES string of the molecule is Cc1cc(CNc2nc(N)nc3ccn(Cc4ccccn4)c23)nn1C. The molecule has 0 aliphatic rings. The molecule has 0 aliphatic carbocycles. The highest BCUT2D eigenvalue weighted by molar-refractivity contribution is 5.87. The lowest BCUT2D eigenvalue weighted by Crippen LogP contribution is -2.09. The first-order valence-corrected chi connectivity index (χ1v) is 8.36. The second-order valence-electron chi connectivity index (χ2n) is 6.18.